The molecule has 1 saturated heterocycles. The first-order chi connectivity index (χ1) is 6.72. The highest BCUT2D eigenvalue weighted by Crippen LogP contribution is 2.36. The minimum absolute atomic E-state index is 0.0444. The molecule has 1 aliphatic heterocycles. The van der Waals surface area contributed by atoms with Crippen molar-refractivity contribution in [3.05, 3.63) is 39.4 Å². The van der Waals surface area contributed by atoms with Gasteiger partial charge in [0.2, 0.25) is 0 Å². The van der Waals surface area contributed by atoms with Crippen LogP contribution < -0.4 is 0 Å². The predicted octanol–water partition coefficient (Wildman–Crippen LogP) is 1.48. The highest BCUT2D eigenvalue weighted by atomic mass is 16.6. The van der Waals surface area contributed by atoms with Crippen molar-refractivity contribution in [2.24, 2.45) is 0 Å². The summed E-state index contributed by atoms with van der Waals surface area (Å²) in [6, 6.07) is 4.39. The van der Waals surface area contributed by atoms with Gasteiger partial charge in [-0.25, -0.2) is 0 Å². The lowest BCUT2D eigenvalue weighted by atomic mass is 10.1. The van der Waals surface area contributed by atoms with E-state index in [9.17, 15) is 14.9 Å². The number of epoxide rings is 1. The largest absolute Gasteiger partial charge is 0.368 e. The zero-order valence-electron chi connectivity index (χ0n) is 7.17. The molecule has 0 radical (unpaired) electrons. The Morgan fingerprint density at radius 3 is 2.79 bits per heavy atom. The molecule has 5 heteroatoms. The number of benzene rings is 1. The molecule has 0 amide bonds. The van der Waals surface area contributed by atoms with Crippen LogP contribution in [0, 0.1) is 10.1 Å². The number of hydrogen-bond acceptors (Lipinski definition) is 4. The second kappa shape index (κ2) is 3.19. The summed E-state index contributed by atoms with van der Waals surface area (Å²) in [7, 11) is 0. The van der Waals surface area contributed by atoms with E-state index < -0.39 is 4.92 Å². The highest BCUT2D eigenvalue weighted by molar-refractivity contribution is 5.76. The summed E-state index contributed by atoms with van der Waals surface area (Å²) in [4.78, 5) is 20.6. The minimum Gasteiger partial charge on any atom is -0.368 e. The minimum atomic E-state index is -0.496. The van der Waals surface area contributed by atoms with Crippen LogP contribution in [-0.2, 0) is 4.74 Å². The zero-order valence-corrected chi connectivity index (χ0v) is 7.17. The van der Waals surface area contributed by atoms with Crippen LogP contribution in [0.4, 0.5) is 5.69 Å². The van der Waals surface area contributed by atoms with Crippen molar-refractivity contribution in [3.63, 3.8) is 0 Å². The number of aldehydes is 1. The van der Waals surface area contributed by atoms with Gasteiger partial charge in [-0.1, -0.05) is 6.07 Å². The van der Waals surface area contributed by atoms with Gasteiger partial charge in [0, 0.05) is 11.6 Å². The molecule has 0 saturated carbocycles. The summed E-state index contributed by atoms with van der Waals surface area (Å²) >= 11 is 0. The third kappa shape index (κ3) is 1.49. The van der Waals surface area contributed by atoms with E-state index in [1.54, 1.807) is 12.1 Å². The lowest BCUT2D eigenvalue weighted by Crippen LogP contribution is -1.96. The average Bonchev–Trinajstić information content (AvgIpc) is 3.00. The standard InChI is InChI=1S/C9H7NO4/c11-4-6-1-2-7(9-5-14-9)8(3-6)10(12)13/h1-4,9H,5H2. The lowest BCUT2D eigenvalue weighted by Gasteiger charge is -1.99. The molecule has 1 heterocycles. The first kappa shape index (κ1) is 8.83. The van der Waals surface area contributed by atoms with E-state index in [1.807, 2.05) is 0 Å². The van der Waals surface area contributed by atoms with Crippen molar-refractivity contribution in [1.29, 1.82) is 0 Å². The molecular formula is C9H7NO4. The van der Waals surface area contributed by atoms with E-state index in [2.05, 4.69) is 0 Å². The number of carbonyl (C=O) groups is 1. The highest BCUT2D eigenvalue weighted by Gasteiger charge is 2.31. The Balaban J connectivity index is 2.48. The Kier molecular flexibility index (Phi) is 2.01. The van der Waals surface area contributed by atoms with Gasteiger partial charge in [0.05, 0.1) is 17.1 Å². The number of carbonyl (C=O) groups excluding carboxylic acids is 1. The van der Waals surface area contributed by atoms with Crippen molar-refractivity contribution in [3.8, 4) is 0 Å². The second-order valence-electron chi connectivity index (χ2n) is 3.02. The molecule has 14 heavy (non-hydrogen) atoms. The topological polar surface area (TPSA) is 72.7 Å². The molecule has 2 rings (SSSR count). The molecule has 72 valence electrons. The van der Waals surface area contributed by atoms with Crippen LogP contribution in [0.25, 0.3) is 0 Å². The summed E-state index contributed by atoms with van der Waals surface area (Å²) in [5.41, 5.74) is 0.804. The van der Waals surface area contributed by atoms with Crippen LogP contribution in [0.3, 0.4) is 0 Å². The van der Waals surface area contributed by atoms with E-state index in [0.717, 1.165) is 0 Å². The molecule has 1 fully saturated rings. The normalized spacial score (nSPS) is 19.0. The number of hydrogen-bond donors (Lipinski definition) is 0. The van der Waals surface area contributed by atoms with Crippen molar-refractivity contribution in [2.45, 2.75) is 6.10 Å². The molecule has 1 atom stereocenters. The van der Waals surface area contributed by atoms with E-state index >= 15 is 0 Å². The maximum Gasteiger partial charge on any atom is 0.276 e. The maximum absolute atomic E-state index is 10.7. The Morgan fingerprint density at radius 1 is 1.57 bits per heavy atom. The molecule has 1 aromatic carbocycles. The molecule has 0 N–H and O–H groups in total. The van der Waals surface area contributed by atoms with Crippen molar-refractivity contribution in [1.82, 2.24) is 0 Å². The number of rotatable bonds is 3. The first-order valence-corrected chi connectivity index (χ1v) is 4.07. The van der Waals surface area contributed by atoms with Crippen molar-refractivity contribution < 1.29 is 14.5 Å². The number of nitrogens with zero attached hydrogens (tertiary/aromatic N) is 1. The Hall–Kier alpha value is -1.75. The molecule has 1 unspecified atom stereocenters. The molecule has 1 aliphatic rings. The van der Waals surface area contributed by atoms with Crippen LogP contribution in [0.5, 0.6) is 0 Å². The van der Waals surface area contributed by atoms with E-state index in [1.165, 1.54) is 6.07 Å². The van der Waals surface area contributed by atoms with Crippen molar-refractivity contribution in [2.75, 3.05) is 6.61 Å². The van der Waals surface area contributed by atoms with Gasteiger partial charge in [-0.3, -0.25) is 14.9 Å². The summed E-state index contributed by atoms with van der Waals surface area (Å²) in [6.07, 6.45) is 0.418. The SMILES string of the molecule is O=Cc1ccc(C2CO2)c([N+](=O)[O-])c1. The fourth-order valence-electron chi connectivity index (χ4n) is 1.29. The van der Waals surface area contributed by atoms with Crippen LogP contribution in [0.2, 0.25) is 0 Å². The van der Waals surface area contributed by atoms with Crippen LogP contribution in [-0.4, -0.2) is 17.8 Å². The Morgan fingerprint density at radius 2 is 2.29 bits per heavy atom. The van der Waals surface area contributed by atoms with E-state index in [-0.39, 0.29) is 11.8 Å². The summed E-state index contributed by atoms with van der Waals surface area (Å²) in [5, 5.41) is 10.7. The van der Waals surface area contributed by atoms with Gasteiger partial charge >= 0.3 is 0 Å². The van der Waals surface area contributed by atoms with E-state index in [4.69, 9.17) is 4.74 Å². The lowest BCUT2D eigenvalue weighted by molar-refractivity contribution is -0.385. The van der Waals surface area contributed by atoms with Crippen molar-refractivity contribution >= 4 is 12.0 Å². The smallest absolute Gasteiger partial charge is 0.276 e. The number of nitro benzene ring substituents is 1. The molecule has 1 aromatic rings. The predicted molar refractivity (Wildman–Crippen MR) is 47.2 cm³/mol. The summed E-state index contributed by atoms with van der Waals surface area (Å²) in [5.74, 6) is 0. The third-order valence-corrected chi connectivity index (χ3v) is 2.07. The van der Waals surface area contributed by atoms with Gasteiger partial charge in [-0.05, 0) is 6.07 Å². The fraction of sp³-hybridized carbons (Fsp3) is 0.222. The van der Waals surface area contributed by atoms with Gasteiger partial charge in [-0.15, -0.1) is 0 Å². The van der Waals surface area contributed by atoms with Gasteiger partial charge in [0.1, 0.15) is 12.4 Å². The zero-order chi connectivity index (χ0) is 10.1. The van der Waals surface area contributed by atoms with Gasteiger partial charge < -0.3 is 4.74 Å². The van der Waals surface area contributed by atoms with Crippen LogP contribution in [0.15, 0.2) is 18.2 Å². The average molecular weight is 193 g/mol. The summed E-state index contributed by atoms with van der Waals surface area (Å²) < 4.78 is 4.97. The van der Waals surface area contributed by atoms with Gasteiger partial charge in [0.15, 0.2) is 0 Å². The maximum atomic E-state index is 10.7. The molecular weight excluding hydrogens is 186 g/mol. The first-order valence-electron chi connectivity index (χ1n) is 4.07. The molecule has 0 aromatic heterocycles. The van der Waals surface area contributed by atoms with Crippen LogP contribution in [0.1, 0.15) is 22.0 Å². The van der Waals surface area contributed by atoms with Gasteiger partial charge in [0.25, 0.3) is 5.69 Å². The molecule has 0 spiro atoms. The fourth-order valence-corrected chi connectivity index (χ4v) is 1.29. The second-order valence-corrected chi connectivity index (χ2v) is 3.02. The van der Waals surface area contributed by atoms with Gasteiger partial charge in [-0.2, -0.15) is 0 Å². The quantitative estimate of drug-likeness (QED) is 0.315. The molecule has 0 bridgehead atoms. The molecule has 5 nitrogen and oxygen atoms in total. The Labute approximate surface area is 79.4 Å². The molecule has 0 aliphatic carbocycles. The van der Waals surface area contributed by atoms with Crippen LogP contribution >= 0.6 is 0 Å². The summed E-state index contributed by atoms with van der Waals surface area (Å²) in [6.45, 7) is 0.515. The third-order valence-electron chi connectivity index (χ3n) is 2.07. The Bertz CT molecular complexity index is 398. The van der Waals surface area contributed by atoms with E-state index in [0.29, 0.717) is 24.0 Å². The number of ether oxygens (including phenoxy) is 1. The monoisotopic (exact) mass is 193 g/mol. The number of nitro groups is 1.